The highest BCUT2D eigenvalue weighted by Crippen LogP contribution is 2.23. The van der Waals surface area contributed by atoms with Gasteiger partial charge in [0.15, 0.2) is 0 Å². The van der Waals surface area contributed by atoms with Crippen LogP contribution < -0.4 is 0 Å². The van der Waals surface area contributed by atoms with Crippen molar-refractivity contribution in [2.75, 3.05) is 0 Å². The summed E-state index contributed by atoms with van der Waals surface area (Å²) in [6, 6.07) is 14.7. The van der Waals surface area contributed by atoms with E-state index in [0.717, 1.165) is 12.0 Å². The molecule has 0 aliphatic heterocycles. The van der Waals surface area contributed by atoms with E-state index in [9.17, 15) is 0 Å². The zero-order valence-electron chi connectivity index (χ0n) is 19.5. The molecule has 2 aromatic rings. The van der Waals surface area contributed by atoms with E-state index >= 15 is 0 Å². The van der Waals surface area contributed by atoms with Gasteiger partial charge in [0.25, 0.3) is 0 Å². The second-order valence-electron chi connectivity index (χ2n) is 8.88. The van der Waals surface area contributed by atoms with Crippen molar-refractivity contribution in [3.63, 3.8) is 0 Å². The second kappa shape index (κ2) is 16.6. The number of aryl methyl sites for hydroxylation is 1. The molecular formula is C29H41Cl2. The van der Waals surface area contributed by atoms with E-state index in [1.807, 2.05) is 12.1 Å². The van der Waals surface area contributed by atoms with Crippen molar-refractivity contribution >= 4 is 23.2 Å². The van der Waals surface area contributed by atoms with Crippen molar-refractivity contribution in [2.45, 2.75) is 103 Å². The number of halogens is 2. The van der Waals surface area contributed by atoms with Crippen molar-refractivity contribution < 1.29 is 0 Å². The van der Waals surface area contributed by atoms with E-state index in [4.69, 9.17) is 23.2 Å². The van der Waals surface area contributed by atoms with E-state index in [-0.39, 0.29) is 0 Å². The summed E-state index contributed by atoms with van der Waals surface area (Å²) in [6.45, 7) is 2.29. The Labute approximate surface area is 201 Å². The maximum atomic E-state index is 6.25. The fourth-order valence-electron chi connectivity index (χ4n) is 4.08. The minimum atomic E-state index is 0.680. The first-order valence-corrected chi connectivity index (χ1v) is 13.3. The van der Waals surface area contributed by atoms with Gasteiger partial charge < -0.3 is 0 Å². The Balaban J connectivity index is 1.48. The van der Waals surface area contributed by atoms with Crippen LogP contribution in [0.5, 0.6) is 0 Å². The van der Waals surface area contributed by atoms with Crippen molar-refractivity contribution in [1.29, 1.82) is 0 Å². The van der Waals surface area contributed by atoms with Gasteiger partial charge in [-0.15, -0.1) is 0 Å². The normalized spacial score (nSPS) is 11.2. The molecule has 0 aromatic heterocycles. The Morgan fingerprint density at radius 2 is 1.13 bits per heavy atom. The second-order valence-corrected chi connectivity index (χ2v) is 9.73. The molecule has 0 aliphatic rings. The minimum absolute atomic E-state index is 0.680. The quantitative estimate of drug-likeness (QED) is 0.206. The lowest BCUT2D eigenvalue weighted by molar-refractivity contribution is 0.539. The van der Waals surface area contributed by atoms with Gasteiger partial charge in [0.1, 0.15) is 0 Å². The smallest absolute Gasteiger partial charge is 0.0455 e. The Kier molecular flexibility index (Phi) is 14.1. The largest absolute Gasteiger partial charge is 0.0843 e. The van der Waals surface area contributed by atoms with Crippen LogP contribution in [0.15, 0.2) is 42.5 Å². The first-order chi connectivity index (χ1) is 15.2. The van der Waals surface area contributed by atoms with Crippen LogP contribution in [0.3, 0.4) is 0 Å². The van der Waals surface area contributed by atoms with Crippen molar-refractivity contribution in [3.05, 3.63) is 75.6 Å². The van der Waals surface area contributed by atoms with E-state index in [0.29, 0.717) is 10.0 Å². The molecule has 0 N–H and O–H groups in total. The monoisotopic (exact) mass is 459 g/mol. The van der Waals surface area contributed by atoms with Gasteiger partial charge in [-0.1, -0.05) is 138 Å². The first-order valence-electron chi connectivity index (χ1n) is 12.5. The van der Waals surface area contributed by atoms with Crippen LogP contribution in [0.4, 0.5) is 0 Å². The maximum absolute atomic E-state index is 6.25. The fourth-order valence-corrected chi connectivity index (χ4v) is 4.57. The Hall–Kier alpha value is -0.980. The summed E-state index contributed by atoms with van der Waals surface area (Å²) >= 11 is 12.2. The SMILES string of the molecule is CCCCCCCCCCCCCCCc1ccc(C[CH]c2ccc(Cl)cc2Cl)cc1. The summed E-state index contributed by atoms with van der Waals surface area (Å²) < 4.78 is 0. The predicted octanol–water partition coefficient (Wildman–Crippen LogP) is 10.4. The predicted molar refractivity (Wildman–Crippen MR) is 139 cm³/mol. The standard InChI is InChI=1S/C29H41Cl2/c1-2-3-4-5-6-7-8-9-10-11-12-13-14-15-25-16-18-26(19-17-25)20-21-27-22-23-28(30)24-29(27)31/h16-19,21-24H,2-15,20H2,1H3. The summed E-state index contributed by atoms with van der Waals surface area (Å²) in [5.41, 5.74) is 3.82. The third-order valence-corrected chi connectivity index (χ3v) is 6.67. The average molecular weight is 461 g/mol. The number of rotatable bonds is 17. The van der Waals surface area contributed by atoms with E-state index in [1.54, 1.807) is 6.07 Å². The van der Waals surface area contributed by atoms with Crippen LogP contribution in [0.2, 0.25) is 10.0 Å². The van der Waals surface area contributed by atoms with Crippen molar-refractivity contribution in [1.82, 2.24) is 0 Å². The van der Waals surface area contributed by atoms with E-state index in [1.165, 1.54) is 101 Å². The number of hydrogen-bond donors (Lipinski definition) is 0. The molecule has 0 atom stereocenters. The highest BCUT2D eigenvalue weighted by atomic mass is 35.5. The van der Waals surface area contributed by atoms with Gasteiger partial charge in [0.05, 0.1) is 0 Å². The van der Waals surface area contributed by atoms with Gasteiger partial charge in [-0.3, -0.25) is 0 Å². The van der Waals surface area contributed by atoms with Gasteiger partial charge >= 0.3 is 0 Å². The molecule has 0 bridgehead atoms. The molecule has 0 saturated heterocycles. The molecule has 31 heavy (non-hydrogen) atoms. The Morgan fingerprint density at radius 1 is 0.613 bits per heavy atom. The van der Waals surface area contributed by atoms with Crippen molar-refractivity contribution in [3.8, 4) is 0 Å². The maximum Gasteiger partial charge on any atom is 0.0455 e. The number of benzene rings is 2. The minimum Gasteiger partial charge on any atom is -0.0843 e. The van der Waals surface area contributed by atoms with Gasteiger partial charge in [-0.2, -0.15) is 0 Å². The average Bonchev–Trinajstić information content (AvgIpc) is 2.77. The van der Waals surface area contributed by atoms with Crippen LogP contribution in [0.1, 0.15) is 107 Å². The van der Waals surface area contributed by atoms with E-state index < -0.39 is 0 Å². The molecule has 0 nitrogen and oxygen atoms in total. The summed E-state index contributed by atoms with van der Waals surface area (Å²) in [7, 11) is 0. The van der Waals surface area contributed by atoms with Crippen LogP contribution >= 0.6 is 23.2 Å². The Bertz CT molecular complexity index is 705. The lowest BCUT2D eigenvalue weighted by Crippen LogP contribution is -1.92. The lowest BCUT2D eigenvalue weighted by Gasteiger charge is -2.07. The highest BCUT2D eigenvalue weighted by molar-refractivity contribution is 6.35. The molecule has 0 amide bonds. The molecule has 0 aliphatic carbocycles. The zero-order chi connectivity index (χ0) is 22.2. The molecule has 171 valence electrons. The summed E-state index contributed by atoms with van der Waals surface area (Å²) in [6.07, 6.45) is 22.6. The summed E-state index contributed by atoms with van der Waals surface area (Å²) in [4.78, 5) is 0. The van der Waals surface area contributed by atoms with Gasteiger partial charge in [-0.05, 0) is 54.5 Å². The molecule has 2 aromatic carbocycles. The zero-order valence-corrected chi connectivity index (χ0v) is 21.0. The molecule has 0 saturated carbocycles. The molecule has 1 radical (unpaired) electrons. The highest BCUT2D eigenvalue weighted by Gasteiger charge is 2.03. The third-order valence-electron chi connectivity index (χ3n) is 6.11. The van der Waals surface area contributed by atoms with Gasteiger partial charge in [0.2, 0.25) is 0 Å². The van der Waals surface area contributed by atoms with Gasteiger partial charge in [0, 0.05) is 10.0 Å². The van der Waals surface area contributed by atoms with Crippen LogP contribution in [-0.4, -0.2) is 0 Å². The molecule has 0 fully saturated rings. The third kappa shape index (κ3) is 12.0. The fraction of sp³-hybridized carbons (Fsp3) is 0.552. The Morgan fingerprint density at radius 3 is 1.68 bits per heavy atom. The molecule has 2 rings (SSSR count). The van der Waals surface area contributed by atoms with Crippen LogP contribution in [-0.2, 0) is 12.8 Å². The lowest BCUT2D eigenvalue weighted by atomic mass is 10.0. The van der Waals surface area contributed by atoms with Gasteiger partial charge in [-0.25, -0.2) is 0 Å². The number of unbranched alkanes of at least 4 members (excludes halogenated alkanes) is 12. The molecule has 2 heteroatoms. The molecule has 0 unspecified atom stereocenters. The number of hydrogen-bond acceptors (Lipinski definition) is 0. The van der Waals surface area contributed by atoms with Crippen LogP contribution in [0, 0.1) is 6.42 Å². The van der Waals surface area contributed by atoms with Crippen LogP contribution in [0.25, 0.3) is 0 Å². The topological polar surface area (TPSA) is 0 Å². The summed E-state index contributed by atoms with van der Waals surface area (Å²) in [5, 5.41) is 1.39. The summed E-state index contributed by atoms with van der Waals surface area (Å²) in [5.74, 6) is 0. The molecular weight excluding hydrogens is 419 g/mol. The molecule has 0 spiro atoms. The molecule has 0 heterocycles. The van der Waals surface area contributed by atoms with Crippen molar-refractivity contribution in [2.24, 2.45) is 0 Å². The first kappa shape index (κ1) is 26.3. The van der Waals surface area contributed by atoms with E-state index in [2.05, 4.69) is 37.6 Å².